The second kappa shape index (κ2) is 6.05. The number of hydrogen-bond donors (Lipinski definition) is 2. The molecule has 1 aromatic heterocycles. The molecule has 2 atom stereocenters. The van der Waals surface area contributed by atoms with Gasteiger partial charge in [0.1, 0.15) is 0 Å². The Hall–Kier alpha value is -1.28. The van der Waals surface area contributed by atoms with Crippen molar-refractivity contribution in [2.24, 2.45) is 5.84 Å². The maximum atomic E-state index is 5.39. The van der Waals surface area contributed by atoms with Gasteiger partial charge in [0.15, 0.2) is 5.82 Å². The normalized spacial score (nSPS) is 24.4. The van der Waals surface area contributed by atoms with Crippen LogP contribution in [0, 0.1) is 0 Å². The Balaban J connectivity index is 1.93. The zero-order valence-corrected chi connectivity index (χ0v) is 10.7. The van der Waals surface area contributed by atoms with Crippen molar-refractivity contribution in [1.29, 1.82) is 0 Å². The number of anilines is 1. The van der Waals surface area contributed by atoms with Gasteiger partial charge in [0.25, 0.3) is 0 Å². The van der Waals surface area contributed by atoms with Gasteiger partial charge >= 0.3 is 0 Å². The minimum absolute atomic E-state index is 0.118. The Kier molecular flexibility index (Phi) is 4.43. The lowest BCUT2D eigenvalue weighted by atomic mass is 10.3. The van der Waals surface area contributed by atoms with Gasteiger partial charge in [-0.3, -0.25) is 9.88 Å². The van der Waals surface area contributed by atoms with Gasteiger partial charge in [-0.1, -0.05) is 0 Å². The summed E-state index contributed by atoms with van der Waals surface area (Å²) in [6.45, 7) is 2.42. The predicted molar refractivity (Wildman–Crippen MR) is 66.7 cm³/mol. The molecule has 0 bridgehead atoms. The molecule has 0 spiro atoms. The molecular weight excluding hydrogens is 234 g/mol. The summed E-state index contributed by atoms with van der Waals surface area (Å²) in [7, 11) is 3.42. The number of nitrogens with zero attached hydrogens (tertiary/aromatic N) is 3. The molecule has 2 heterocycles. The van der Waals surface area contributed by atoms with Gasteiger partial charge in [0.2, 0.25) is 0 Å². The molecular formula is C11H19N5O2. The van der Waals surface area contributed by atoms with E-state index >= 15 is 0 Å². The fourth-order valence-electron chi connectivity index (χ4n) is 2.14. The second-order valence-corrected chi connectivity index (χ2v) is 4.28. The minimum Gasteiger partial charge on any atom is -0.377 e. The van der Waals surface area contributed by atoms with Crippen LogP contribution in [0.3, 0.4) is 0 Å². The van der Waals surface area contributed by atoms with E-state index in [1.807, 2.05) is 0 Å². The Morgan fingerprint density at radius 2 is 1.94 bits per heavy atom. The number of nitrogens with one attached hydrogen (secondary N) is 1. The third-order valence-corrected chi connectivity index (χ3v) is 3.14. The van der Waals surface area contributed by atoms with Gasteiger partial charge in [0, 0.05) is 33.9 Å². The van der Waals surface area contributed by atoms with Crippen LogP contribution in [-0.2, 0) is 16.0 Å². The molecule has 1 aliphatic rings. The topological polar surface area (TPSA) is 85.5 Å². The van der Waals surface area contributed by atoms with Crippen LogP contribution in [0.2, 0.25) is 0 Å². The SMILES string of the molecule is COC1CN(Cc2cnc(NN)cn2)CC1OC. The van der Waals surface area contributed by atoms with Crippen molar-refractivity contribution >= 4 is 5.82 Å². The highest BCUT2D eigenvalue weighted by Crippen LogP contribution is 2.17. The fourth-order valence-corrected chi connectivity index (χ4v) is 2.14. The quantitative estimate of drug-likeness (QED) is 0.546. The van der Waals surface area contributed by atoms with E-state index in [0.29, 0.717) is 5.82 Å². The summed E-state index contributed by atoms with van der Waals surface area (Å²) in [4.78, 5) is 10.7. The van der Waals surface area contributed by atoms with Crippen LogP contribution in [0.25, 0.3) is 0 Å². The molecule has 1 fully saturated rings. The van der Waals surface area contributed by atoms with Gasteiger partial charge in [-0.15, -0.1) is 0 Å². The van der Waals surface area contributed by atoms with E-state index in [-0.39, 0.29) is 12.2 Å². The summed E-state index contributed by atoms with van der Waals surface area (Å²) in [6, 6.07) is 0. The van der Waals surface area contributed by atoms with Gasteiger partial charge < -0.3 is 14.9 Å². The highest BCUT2D eigenvalue weighted by Gasteiger charge is 2.32. The fraction of sp³-hybridized carbons (Fsp3) is 0.636. The number of likely N-dealkylation sites (tertiary alicyclic amines) is 1. The number of rotatable bonds is 5. The molecule has 100 valence electrons. The number of ether oxygens (including phenoxy) is 2. The molecule has 18 heavy (non-hydrogen) atoms. The van der Waals surface area contributed by atoms with Crippen LogP contribution in [0.4, 0.5) is 5.82 Å². The molecule has 7 heteroatoms. The molecule has 3 N–H and O–H groups in total. The van der Waals surface area contributed by atoms with Crippen LogP contribution < -0.4 is 11.3 Å². The van der Waals surface area contributed by atoms with E-state index in [9.17, 15) is 0 Å². The lowest BCUT2D eigenvalue weighted by Gasteiger charge is -2.14. The zero-order valence-electron chi connectivity index (χ0n) is 10.7. The highest BCUT2D eigenvalue weighted by atomic mass is 16.5. The second-order valence-electron chi connectivity index (χ2n) is 4.28. The Bertz CT molecular complexity index is 360. The van der Waals surface area contributed by atoms with Crippen molar-refractivity contribution in [3.05, 3.63) is 18.1 Å². The van der Waals surface area contributed by atoms with Gasteiger partial charge in [-0.2, -0.15) is 0 Å². The number of hydrogen-bond acceptors (Lipinski definition) is 7. The molecule has 1 aliphatic heterocycles. The van der Waals surface area contributed by atoms with Crippen molar-refractivity contribution in [1.82, 2.24) is 14.9 Å². The molecule has 1 aromatic rings. The number of aromatic nitrogens is 2. The van der Waals surface area contributed by atoms with E-state index in [1.165, 1.54) is 0 Å². The van der Waals surface area contributed by atoms with E-state index in [0.717, 1.165) is 25.3 Å². The molecule has 0 aliphatic carbocycles. The molecule has 0 radical (unpaired) electrons. The Labute approximate surface area is 106 Å². The van der Waals surface area contributed by atoms with Gasteiger partial charge in [-0.25, -0.2) is 10.8 Å². The van der Waals surface area contributed by atoms with E-state index in [2.05, 4.69) is 20.3 Å². The minimum atomic E-state index is 0.118. The monoisotopic (exact) mass is 253 g/mol. The summed E-state index contributed by atoms with van der Waals surface area (Å²) in [5.74, 6) is 5.80. The molecule has 0 saturated carbocycles. The summed E-state index contributed by atoms with van der Waals surface area (Å²) in [6.07, 6.45) is 3.57. The zero-order chi connectivity index (χ0) is 13.0. The van der Waals surface area contributed by atoms with Crippen LogP contribution in [0.5, 0.6) is 0 Å². The average molecular weight is 253 g/mol. The first-order chi connectivity index (χ1) is 8.76. The summed E-state index contributed by atoms with van der Waals surface area (Å²) in [5, 5.41) is 0. The maximum Gasteiger partial charge on any atom is 0.158 e. The van der Waals surface area contributed by atoms with Gasteiger partial charge in [0.05, 0.1) is 30.3 Å². The molecule has 2 rings (SSSR count). The van der Waals surface area contributed by atoms with Crippen molar-refractivity contribution < 1.29 is 9.47 Å². The lowest BCUT2D eigenvalue weighted by Crippen LogP contribution is -2.27. The van der Waals surface area contributed by atoms with E-state index in [1.54, 1.807) is 26.6 Å². The maximum absolute atomic E-state index is 5.39. The van der Waals surface area contributed by atoms with Crippen molar-refractivity contribution in [3.63, 3.8) is 0 Å². The molecule has 2 unspecified atom stereocenters. The third-order valence-electron chi connectivity index (χ3n) is 3.14. The van der Waals surface area contributed by atoms with Gasteiger partial charge in [-0.05, 0) is 0 Å². The standard InChI is InChI=1S/C11H19N5O2/c1-17-9-6-16(7-10(9)18-2)5-8-3-14-11(15-12)4-13-8/h3-4,9-10H,5-7,12H2,1-2H3,(H,14,15). The lowest BCUT2D eigenvalue weighted by molar-refractivity contribution is -0.00461. The largest absolute Gasteiger partial charge is 0.377 e. The summed E-state index contributed by atoms with van der Waals surface area (Å²) in [5.41, 5.74) is 3.36. The van der Waals surface area contributed by atoms with E-state index in [4.69, 9.17) is 15.3 Å². The first-order valence-electron chi connectivity index (χ1n) is 5.82. The molecule has 1 saturated heterocycles. The van der Waals surface area contributed by atoms with Crippen LogP contribution >= 0.6 is 0 Å². The molecule has 0 amide bonds. The summed E-state index contributed by atoms with van der Waals surface area (Å²) >= 11 is 0. The smallest absolute Gasteiger partial charge is 0.158 e. The Morgan fingerprint density at radius 3 is 2.39 bits per heavy atom. The first-order valence-corrected chi connectivity index (χ1v) is 5.82. The van der Waals surface area contributed by atoms with Crippen LogP contribution in [-0.4, -0.2) is 54.4 Å². The number of nitrogen functional groups attached to an aromatic ring is 1. The van der Waals surface area contributed by atoms with Crippen LogP contribution in [0.1, 0.15) is 5.69 Å². The third kappa shape index (κ3) is 2.94. The first kappa shape index (κ1) is 13.2. The van der Waals surface area contributed by atoms with Crippen molar-refractivity contribution in [3.8, 4) is 0 Å². The average Bonchev–Trinajstić information content (AvgIpc) is 2.81. The number of methoxy groups -OCH3 is 2. The van der Waals surface area contributed by atoms with Crippen molar-refractivity contribution in [2.75, 3.05) is 32.7 Å². The van der Waals surface area contributed by atoms with Crippen molar-refractivity contribution in [2.45, 2.75) is 18.8 Å². The number of hydrazine groups is 1. The molecule has 0 aromatic carbocycles. The molecule has 7 nitrogen and oxygen atoms in total. The van der Waals surface area contributed by atoms with Crippen LogP contribution in [0.15, 0.2) is 12.4 Å². The number of nitrogens with two attached hydrogens (primary N) is 1. The summed E-state index contributed by atoms with van der Waals surface area (Å²) < 4.78 is 10.8. The Morgan fingerprint density at radius 1 is 1.28 bits per heavy atom. The van der Waals surface area contributed by atoms with E-state index < -0.39 is 0 Å². The predicted octanol–water partition coefficient (Wildman–Crippen LogP) is -0.392. The highest BCUT2D eigenvalue weighted by molar-refractivity contribution is 5.28.